The largest absolute Gasteiger partial charge is 0.479 e. The number of carboxylic acid groups (broad SMARTS) is 1. The average molecular weight is 253 g/mol. The van der Waals surface area contributed by atoms with Crippen LogP contribution in [0.4, 0.5) is 0 Å². The lowest BCUT2D eigenvalue weighted by Crippen LogP contribution is -2.46. The fraction of sp³-hybridized carbons (Fsp3) is 0.545. The van der Waals surface area contributed by atoms with Crippen LogP contribution in [0.2, 0.25) is 0 Å². The number of amides is 1. The van der Waals surface area contributed by atoms with Gasteiger partial charge in [0.2, 0.25) is 0 Å². The van der Waals surface area contributed by atoms with Crippen molar-refractivity contribution in [3.63, 3.8) is 0 Å². The normalized spacial score (nSPS) is 18.1. The molecule has 0 bridgehead atoms. The molecule has 18 heavy (non-hydrogen) atoms. The van der Waals surface area contributed by atoms with Crippen molar-refractivity contribution >= 4 is 11.9 Å². The average Bonchev–Trinajstić information content (AvgIpc) is 3.04. The van der Waals surface area contributed by atoms with Gasteiger partial charge in [0.1, 0.15) is 5.69 Å². The van der Waals surface area contributed by atoms with E-state index in [-0.39, 0.29) is 12.2 Å². The molecule has 1 heterocycles. The second-order valence-corrected chi connectivity index (χ2v) is 4.74. The Balaban J connectivity index is 1.92. The number of H-pyrrole nitrogens is 1. The molecule has 1 amide bonds. The molecule has 0 spiro atoms. The number of nitrogens with one attached hydrogen (secondary N) is 2. The molecule has 2 rings (SSSR count). The van der Waals surface area contributed by atoms with E-state index in [1.165, 1.54) is 0 Å². The molecule has 7 nitrogen and oxygen atoms in total. The number of aliphatic carboxylic acids is 1. The third-order valence-electron chi connectivity index (χ3n) is 2.90. The highest BCUT2D eigenvalue weighted by atomic mass is 16.4. The zero-order valence-electron chi connectivity index (χ0n) is 9.93. The molecule has 1 saturated carbocycles. The van der Waals surface area contributed by atoms with Crippen LogP contribution in [-0.2, 0) is 4.79 Å². The number of hydrogen-bond donors (Lipinski definition) is 4. The van der Waals surface area contributed by atoms with Gasteiger partial charge >= 0.3 is 5.97 Å². The minimum atomic E-state index is -1.98. The number of carboxylic acids is 1. The summed E-state index contributed by atoms with van der Waals surface area (Å²) in [6.45, 7) is 0.753. The fourth-order valence-electron chi connectivity index (χ4n) is 1.47. The molecule has 1 unspecified atom stereocenters. The third kappa shape index (κ3) is 2.67. The number of nitrogens with zero attached hydrogens (tertiary/aromatic N) is 1. The van der Waals surface area contributed by atoms with E-state index in [0.29, 0.717) is 5.92 Å². The summed E-state index contributed by atoms with van der Waals surface area (Å²) in [5.41, 5.74) is -0.853. The first-order chi connectivity index (χ1) is 8.40. The van der Waals surface area contributed by atoms with Crippen LogP contribution in [0.3, 0.4) is 0 Å². The number of carbonyl (C=O) groups excluding carboxylic acids is 1. The monoisotopic (exact) mass is 253 g/mol. The Morgan fingerprint density at radius 2 is 2.28 bits per heavy atom. The molecule has 4 N–H and O–H groups in total. The van der Waals surface area contributed by atoms with Gasteiger partial charge in [0.15, 0.2) is 5.60 Å². The van der Waals surface area contributed by atoms with Crippen LogP contribution in [0.5, 0.6) is 0 Å². The van der Waals surface area contributed by atoms with Crippen molar-refractivity contribution in [1.29, 1.82) is 0 Å². The molecule has 1 aliphatic rings. The Labute approximate surface area is 103 Å². The SMILES string of the molecule is CC(O)(CNC(=O)c1cc(C2CC2)[nH]n1)C(=O)O. The lowest BCUT2D eigenvalue weighted by Gasteiger charge is -2.17. The minimum Gasteiger partial charge on any atom is -0.479 e. The molecule has 1 fully saturated rings. The standard InChI is InChI=1S/C11H15N3O4/c1-11(18,10(16)17)5-12-9(15)8-4-7(13-14-8)6-2-3-6/h4,6,18H,2-3,5H2,1H3,(H,12,15)(H,13,14)(H,16,17). The predicted molar refractivity (Wildman–Crippen MR) is 61.2 cm³/mol. The van der Waals surface area contributed by atoms with Gasteiger partial charge in [0.05, 0.1) is 6.54 Å². The highest BCUT2D eigenvalue weighted by Gasteiger charge is 2.31. The topological polar surface area (TPSA) is 115 Å². The Bertz CT molecular complexity index is 476. The van der Waals surface area contributed by atoms with Crippen LogP contribution in [0.1, 0.15) is 41.9 Å². The first kappa shape index (κ1) is 12.6. The zero-order chi connectivity index (χ0) is 13.3. The van der Waals surface area contributed by atoms with Gasteiger partial charge in [-0.3, -0.25) is 9.89 Å². The van der Waals surface area contributed by atoms with Crippen LogP contribution in [0, 0.1) is 0 Å². The Hall–Kier alpha value is -1.89. The summed E-state index contributed by atoms with van der Waals surface area (Å²) in [6.07, 6.45) is 2.19. The van der Waals surface area contributed by atoms with Gasteiger partial charge in [-0.05, 0) is 25.8 Å². The maximum Gasteiger partial charge on any atom is 0.337 e. The minimum absolute atomic E-state index is 0.207. The molecule has 0 aromatic carbocycles. The van der Waals surface area contributed by atoms with Crippen LogP contribution in [0.15, 0.2) is 6.07 Å². The van der Waals surface area contributed by atoms with Crippen molar-refractivity contribution in [2.45, 2.75) is 31.3 Å². The number of aromatic amines is 1. The second-order valence-electron chi connectivity index (χ2n) is 4.74. The van der Waals surface area contributed by atoms with Crippen molar-refractivity contribution in [2.75, 3.05) is 6.54 Å². The van der Waals surface area contributed by atoms with E-state index in [1.54, 1.807) is 6.07 Å². The summed E-state index contributed by atoms with van der Waals surface area (Å²) in [5.74, 6) is -1.43. The predicted octanol–water partition coefficient (Wildman–Crippen LogP) is -0.148. The van der Waals surface area contributed by atoms with Gasteiger partial charge in [0, 0.05) is 11.6 Å². The van der Waals surface area contributed by atoms with Crippen LogP contribution >= 0.6 is 0 Å². The van der Waals surface area contributed by atoms with Crippen molar-refractivity contribution in [3.05, 3.63) is 17.5 Å². The van der Waals surface area contributed by atoms with E-state index in [0.717, 1.165) is 25.5 Å². The highest BCUT2D eigenvalue weighted by molar-refractivity contribution is 5.92. The van der Waals surface area contributed by atoms with Gasteiger partial charge in [0.25, 0.3) is 5.91 Å². The highest BCUT2D eigenvalue weighted by Crippen LogP contribution is 2.38. The first-order valence-electron chi connectivity index (χ1n) is 5.69. The van der Waals surface area contributed by atoms with Crippen molar-refractivity contribution in [1.82, 2.24) is 15.5 Å². The van der Waals surface area contributed by atoms with Crippen molar-refractivity contribution < 1.29 is 19.8 Å². The van der Waals surface area contributed by atoms with Gasteiger partial charge in [-0.2, -0.15) is 5.10 Å². The molecule has 7 heteroatoms. The molecule has 1 aliphatic carbocycles. The fourth-order valence-corrected chi connectivity index (χ4v) is 1.47. The Morgan fingerprint density at radius 1 is 1.61 bits per heavy atom. The molecule has 0 aliphatic heterocycles. The van der Waals surface area contributed by atoms with Gasteiger partial charge < -0.3 is 15.5 Å². The van der Waals surface area contributed by atoms with Crippen molar-refractivity contribution in [2.24, 2.45) is 0 Å². The van der Waals surface area contributed by atoms with Crippen LogP contribution < -0.4 is 5.32 Å². The molecule has 1 aromatic rings. The summed E-state index contributed by atoms with van der Waals surface area (Å²) in [7, 11) is 0. The van der Waals surface area contributed by atoms with Gasteiger partial charge in [-0.15, -0.1) is 0 Å². The summed E-state index contributed by atoms with van der Waals surface area (Å²) >= 11 is 0. The maximum atomic E-state index is 11.7. The smallest absolute Gasteiger partial charge is 0.337 e. The van der Waals surface area contributed by atoms with E-state index in [2.05, 4.69) is 15.5 Å². The molecular formula is C11H15N3O4. The molecule has 0 radical (unpaired) electrons. The summed E-state index contributed by atoms with van der Waals surface area (Å²) in [4.78, 5) is 22.3. The van der Waals surface area contributed by atoms with Crippen molar-refractivity contribution in [3.8, 4) is 0 Å². The number of carbonyl (C=O) groups is 2. The van der Waals surface area contributed by atoms with E-state index < -0.39 is 17.5 Å². The maximum absolute atomic E-state index is 11.7. The lowest BCUT2D eigenvalue weighted by molar-refractivity contribution is -0.155. The van der Waals surface area contributed by atoms with Crippen LogP contribution in [-0.4, -0.2) is 44.4 Å². The summed E-state index contributed by atoms with van der Waals surface area (Å²) < 4.78 is 0. The van der Waals surface area contributed by atoms with Gasteiger partial charge in [-0.25, -0.2) is 4.79 Å². The quantitative estimate of drug-likeness (QED) is 0.582. The van der Waals surface area contributed by atoms with E-state index >= 15 is 0 Å². The van der Waals surface area contributed by atoms with E-state index in [9.17, 15) is 14.7 Å². The number of rotatable bonds is 5. The Kier molecular flexibility index (Phi) is 3.08. The summed E-state index contributed by atoms with van der Waals surface area (Å²) in [6, 6.07) is 1.66. The molecule has 1 aromatic heterocycles. The van der Waals surface area contributed by atoms with E-state index in [4.69, 9.17) is 5.11 Å². The zero-order valence-corrected chi connectivity index (χ0v) is 9.93. The van der Waals surface area contributed by atoms with Crippen LogP contribution in [0.25, 0.3) is 0 Å². The number of aromatic nitrogens is 2. The molecular weight excluding hydrogens is 238 g/mol. The first-order valence-corrected chi connectivity index (χ1v) is 5.69. The lowest BCUT2D eigenvalue weighted by atomic mass is 10.1. The second kappa shape index (κ2) is 4.41. The molecule has 0 saturated heterocycles. The molecule has 1 atom stereocenters. The van der Waals surface area contributed by atoms with Gasteiger partial charge in [-0.1, -0.05) is 0 Å². The van der Waals surface area contributed by atoms with E-state index in [1.807, 2.05) is 0 Å². The third-order valence-corrected chi connectivity index (χ3v) is 2.90. The molecule has 98 valence electrons. The Morgan fingerprint density at radius 3 is 2.83 bits per heavy atom. The number of hydrogen-bond acceptors (Lipinski definition) is 4. The summed E-state index contributed by atoms with van der Waals surface area (Å²) in [5, 5.41) is 27.1. The number of aliphatic hydroxyl groups is 1.